The Morgan fingerprint density at radius 1 is 1.39 bits per heavy atom. The van der Waals surface area contributed by atoms with Crippen LogP contribution >= 0.6 is 0 Å². The maximum Gasteiger partial charge on any atom is 0.314 e. The molecule has 0 aromatic rings. The van der Waals surface area contributed by atoms with Gasteiger partial charge in [-0.3, -0.25) is 4.79 Å². The van der Waals surface area contributed by atoms with Gasteiger partial charge in [0.2, 0.25) is 0 Å². The van der Waals surface area contributed by atoms with E-state index in [1.165, 1.54) is 0 Å². The fraction of sp³-hybridized carbons (Fsp3) is 0.769. The Kier molecular flexibility index (Phi) is 4.74. The summed E-state index contributed by atoms with van der Waals surface area (Å²) in [5.41, 5.74) is 0. The van der Waals surface area contributed by atoms with Crippen LogP contribution in [-0.4, -0.2) is 37.9 Å². The van der Waals surface area contributed by atoms with Crippen molar-refractivity contribution in [2.75, 3.05) is 13.4 Å². The van der Waals surface area contributed by atoms with E-state index in [9.17, 15) is 4.79 Å². The summed E-state index contributed by atoms with van der Waals surface area (Å²) in [4.78, 5) is 11.8. The summed E-state index contributed by atoms with van der Waals surface area (Å²) in [5.74, 6) is -0.436. The largest absolute Gasteiger partial charge is 0.438 e. The summed E-state index contributed by atoms with van der Waals surface area (Å²) < 4.78 is 21.2. The topological polar surface area (TPSA) is 54.0 Å². The van der Waals surface area contributed by atoms with Crippen LogP contribution < -0.4 is 0 Å². The van der Waals surface area contributed by atoms with Gasteiger partial charge in [0.1, 0.15) is 0 Å². The third-order valence-corrected chi connectivity index (χ3v) is 3.17. The first-order chi connectivity index (χ1) is 8.74. The summed E-state index contributed by atoms with van der Waals surface area (Å²) in [6.45, 7) is 4.38. The molecule has 0 radical (unpaired) electrons. The van der Waals surface area contributed by atoms with E-state index in [-0.39, 0.29) is 37.2 Å². The van der Waals surface area contributed by atoms with Gasteiger partial charge in [0.15, 0.2) is 13.1 Å². The van der Waals surface area contributed by atoms with E-state index in [2.05, 4.69) is 0 Å². The second kappa shape index (κ2) is 6.31. The lowest BCUT2D eigenvalue weighted by molar-refractivity contribution is -0.202. The second-order valence-corrected chi connectivity index (χ2v) is 4.41. The van der Waals surface area contributed by atoms with Crippen molar-refractivity contribution in [1.29, 1.82) is 0 Å². The van der Waals surface area contributed by atoms with E-state index in [1.807, 2.05) is 26.0 Å². The van der Waals surface area contributed by atoms with Gasteiger partial charge in [-0.15, -0.1) is 0 Å². The summed E-state index contributed by atoms with van der Waals surface area (Å²) in [7, 11) is 0. The van der Waals surface area contributed by atoms with Crippen LogP contribution in [-0.2, 0) is 23.7 Å². The monoisotopic (exact) mass is 256 g/mol. The van der Waals surface area contributed by atoms with Gasteiger partial charge in [0.25, 0.3) is 0 Å². The van der Waals surface area contributed by atoms with Gasteiger partial charge in [-0.2, -0.15) is 0 Å². The van der Waals surface area contributed by atoms with Crippen LogP contribution in [0, 0.1) is 5.92 Å². The van der Waals surface area contributed by atoms with Crippen molar-refractivity contribution in [3.05, 3.63) is 12.2 Å². The van der Waals surface area contributed by atoms with Gasteiger partial charge in [-0.25, -0.2) is 0 Å². The van der Waals surface area contributed by atoms with E-state index in [0.29, 0.717) is 13.0 Å². The summed E-state index contributed by atoms with van der Waals surface area (Å²) in [5, 5.41) is 0. The number of hydrogen-bond acceptors (Lipinski definition) is 5. The minimum Gasteiger partial charge on any atom is -0.438 e. The fourth-order valence-electron chi connectivity index (χ4n) is 2.25. The molecule has 2 bridgehead atoms. The first-order valence-corrected chi connectivity index (χ1v) is 6.48. The molecule has 4 unspecified atom stereocenters. The Labute approximate surface area is 107 Å². The molecule has 0 aromatic heterocycles. The van der Waals surface area contributed by atoms with Crippen LogP contribution in [0.15, 0.2) is 12.2 Å². The van der Waals surface area contributed by atoms with Crippen LogP contribution in [0.3, 0.4) is 0 Å². The lowest BCUT2D eigenvalue weighted by Crippen LogP contribution is -2.27. The smallest absolute Gasteiger partial charge is 0.314 e. The van der Waals surface area contributed by atoms with E-state index >= 15 is 0 Å². The van der Waals surface area contributed by atoms with E-state index in [4.69, 9.17) is 18.9 Å². The van der Waals surface area contributed by atoms with Crippen molar-refractivity contribution in [1.82, 2.24) is 0 Å². The highest BCUT2D eigenvalue weighted by molar-refractivity contribution is 5.74. The molecule has 2 rings (SSSR count). The molecular weight excluding hydrogens is 236 g/mol. The SMILES string of the molecule is CCOC(CC)OCOC(=O)C1CC2C=CC1O2. The molecule has 1 saturated heterocycles. The zero-order valence-electron chi connectivity index (χ0n) is 10.8. The third-order valence-electron chi connectivity index (χ3n) is 3.17. The second-order valence-electron chi connectivity index (χ2n) is 4.41. The molecule has 0 N–H and O–H groups in total. The van der Waals surface area contributed by atoms with Crippen LogP contribution in [0.5, 0.6) is 0 Å². The molecule has 0 aromatic carbocycles. The minimum absolute atomic E-state index is 0.0606. The molecule has 4 atom stereocenters. The van der Waals surface area contributed by atoms with Gasteiger partial charge < -0.3 is 18.9 Å². The molecule has 1 fully saturated rings. The predicted molar refractivity (Wildman–Crippen MR) is 63.7 cm³/mol. The van der Waals surface area contributed by atoms with Gasteiger partial charge in [-0.05, 0) is 19.8 Å². The van der Waals surface area contributed by atoms with Crippen molar-refractivity contribution in [2.24, 2.45) is 5.92 Å². The zero-order valence-corrected chi connectivity index (χ0v) is 10.8. The maximum absolute atomic E-state index is 11.8. The highest BCUT2D eigenvalue weighted by Crippen LogP contribution is 2.34. The van der Waals surface area contributed by atoms with Crippen LogP contribution in [0.2, 0.25) is 0 Å². The molecule has 0 amide bonds. The number of rotatable bonds is 7. The lowest BCUT2D eigenvalue weighted by Gasteiger charge is -2.18. The van der Waals surface area contributed by atoms with Crippen molar-refractivity contribution in [2.45, 2.75) is 45.2 Å². The third kappa shape index (κ3) is 3.10. The Morgan fingerprint density at radius 2 is 2.22 bits per heavy atom. The van der Waals surface area contributed by atoms with Crippen molar-refractivity contribution >= 4 is 5.97 Å². The Hall–Kier alpha value is -0.910. The van der Waals surface area contributed by atoms with Crippen molar-refractivity contribution in [3.63, 3.8) is 0 Å². The van der Waals surface area contributed by atoms with Gasteiger partial charge >= 0.3 is 5.97 Å². The summed E-state index contributed by atoms with van der Waals surface area (Å²) in [6.07, 6.45) is 5.02. The standard InChI is InChI=1S/C13H20O5/c1-3-12(15-4-2)16-8-17-13(14)10-7-9-5-6-11(10)18-9/h5-6,9-12H,3-4,7-8H2,1-2H3. The first-order valence-electron chi connectivity index (χ1n) is 6.48. The summed E-state index contributed by atoms with van der Waals surface area (Å²) >= 11 is 0. The van der Waals surface area contributed by atoms with Crippen LogP contribution in [0.4, 0.5) is 0 Å². The van der Waals surface area contributed by atoms with Crippen LogP contribution in [0.25, 0.3) is 0 Å². The molecule has 2 aliphatic rings. The highest BCUT2D eigenvalue weighted by atomic mass is 16.8. The normalized spacial score (nSPS) is 30.7. The molecule has 102 valence electrons. The minimum atomic E-state index is -0.307. The molecule has 0 saturated carbocycles. The lowest BCUT2D eigenvalue weighted by atomic mass is 9.95. The Bertz CT molecular complexity index is 315. The molecular formula is C13H20O5. The van der Waals surface area contributed by atoms with Crippen molar-refractivity contribution < 1.29 is 23.7 Å². The zero-order chi connectivity index (χ0) is 13.0. The number of ether oxygens (including phenoxy) is 4. The quantitative estimate of drug-likeness (QED) is 0.393. The van der Waals surface area contributed by atoms with Gasteiger partial charge in [-0.1, -0.05) is 19.1 Å². The van der Waals surface area contributed by atoms with E-state index in [1.54, 1.807) is 0 Å². The molecule has 0 aliphatic carbocycles. The van der Waals surface area contributed by atoms with Crippen molar-refractivity contribution in [3.8, 4) is 0 Å². The molecule has 5 nitrogen and oxygen atoms in total. The van der Waals surface area contributed by atoms with Crippen LogP contribution in [0.1, 0.15) is 26.7 Å². The first kappa shape index (κ1) is 13.5. The number of fused-ring (bicyclic) bond motifs is 2. The number of hydrogen-bond donors (Lipinski definition) is 0. The van der Waals surface area contributed by atoms with E-state index < -0.39 is 0 Å². The Morgan fingerprint density at radius 3 is 2.78 bits per heavy atom. The number of carbonyl (C=O) groups excluding carboxylic acids is 1. The number of esters is 1. The van der Waals surface area contributed by atoms with E-state index in [0.717, 1.165) is 6.42 Å². The fourth-order valence-corrected chi connectivity index (χ4v) is 2.25. The average Bonchev–Trinajstić information content (AvgIpc) is 2.99. The molecule has 2 heterocycles. The van der Waals surface area contributed by atoms with Gasteiger partial charge in [0, 0.05) is 6.61 Å². The molecule has 5 heteroatoms. The molecule has 18 heavy (non-hydrogen) atoms. The molecule has 2 aliphatic heterocycles. The molecule has 0 spiro atoms. The highest BCUT2D eigenvalue weighted by Gasteiger charge is 2.42. The predicted octanol–water partition coefficient (Wildman–Crippen LogP) is 1.62. The summed E-state index contributed by atoms with van der Waals surface area (Å²) in [6, 6.07) is 0. The Balaban J connectivity index is 1.67. The van der Waals surface area contributed by atoms with Gasteiger partial charge in [0.05, 0.1) is 18.1 Å². The maximum atomic E-state index is 11.8. The average molecular weight is 256 g/mol. The number of carbonyl (C=O) groups is 1.